The lowest BCUT2D eigenvalue weighted by molar-refractivity contribution is -0.387. The Balaban J connectivity index is 2.71. The monoisotopic (exact) mass is 297 g/mol. The van der Waals surface area contributed by atoms with Crippen molar-refractivity contribution in [3.63, 3.8) is 0 Å². The SMILES string of the molecule is CCN(CC)CC(C)NC(=O)c1ccc([N+](=O)[O-])c(F)c1. The average Bonchev–Trinajstić information content (AvgIpc) is 2.44. The molecule has 0 fully saturated rings. The zero-order chi connectivity index (χ0) is 16.0. The van der Waals surface area contributed by atoms with Gasteiger partial charge in [0.15, 0.2) is 0 Å². The van der Waals surface area contributed by atoms with E-state index in [1.165, 1.54) is 6.07 Å². The molecular weight excluding hydrogens is 277 g/mol. The molecule has 0 bridgehead atoms. The molecule has 0 heterocycles. The molecule has 1 aromatic carbocycles. The summed E-state index contributed by atoms with van der Waals surface area (Å²) in [7, 11) is 0. The van der Waals surface area contributed by atoms with E-state index >= 15 is 0 Å². The Morgan fingerprint density at radius 1 is 1.43 bits per heavy atom. The molecule has 0 saturated heterocycles. The van der Waals surface area contributed by atoms with Crippen LogP contribution in [0.4, 0.5) is 10.1 Å². The molecular formula is C14H20FN3O3. The van der Waals surface area contributed by atoms with Crippen LogP contribution in [0.1, 0.15) is 31.1 Å². The van der Waals surface area contributed by atoms with Crippen LogP contribution in [0, 0.1) is 15.9 Å². The largest absolute Gasteiger partial charge is 0.348 e. The summed E-state index contributed by atoms with van der Waals surface area (Å²) < 4.78 is 13.5. The van der Waals surface area contributed by atoms with E-state index in [9.17, 15) is 19.3 Å². The Hall–Kier alpha value is -2.02. The smallest absolute Gasteiger partial charge is 0.304 e. The number of nitrogens with one attached hydrogen (secondary N) is 1. The van der Waals surface area contributed by atoms with Crippen molar-refractivity contribution in [3.05, 3.63) is 39.7 Å². The molecule has 0 aliphatic carbocycles. The number of nitro benzene ring substituents is 1. The summed E-state index contributed by atoms with van der Waals surface area (Å²) in [6, 6.07) is 3.04. The highest BCUT2D eigenvalue weighted by Gasteiger charge is 2.18. The van der Waals surface area contributed by atoms with Gasteiger partial charge in [-0.05, 0) is 32.1 Å². The second-order valence-corrected chi connectivity index (χ2v) is 4.78. The van der Waals surface area contributed by atoms with Crippen molar-refractivity contribution in [3.8, 4) is 0 Å². The molecule has 116 valence electrons. The molecule has 0 aliphatic rings. The summed E-state index contributed by atoms with van der Waals surface area (Å²) in [6.07, 6.45) is 0. The van der Waals surface area contributed by atoms with Crippen LogP contribution >= 0.6 is 0 Å². The number of likely N-dealkylation sites (N-methyl/N-ethyl adjacent to an activating group) is 1. The summed E-state index contributed by atoms with van der Waals surface area (Å²) in [4.78, 5) is 23.8. The summed E-state index contributed by atoms with van der Waals surface area (Å²) in [5, 5.41) is 13.3. The van der Waals surface area contributed by atoms with Gasteiger partial charge in [0.25, 0.3) is 5.91 Å². The van der Waals surface area contributed by atoms with Gasteiger partial charge in [0, 0.05) is 24.2 Å². The highest BCUT2D eigenvalue weighted by Crippen LogP contribution is 2.17. The first-order valence-electron chi connectivity index (χ1n) is 6.86. The molecule has 0 aromatic heterocycles. The second kappa shape index (κ2) is 7.68. The van der Waals surface area contributed by atoms with Crippen LogP contribution in [0.25, 0.3) is 0 Å². The second-order valence-electron chi connectivity index (χ2n) is 4.78. The fraction of sp³-hybridized carbons (Fsp3) is 0.500. The molecule has 0 aliphatic heterocycles. The van der Waals surface area contributed by atoms with Gasteiger partial charge in [0.05, 0.1) is 4.92 Å². The quantitative estimate of drug-likeness (QED) is 0.618. The molecule has 1 aromatic rings. The zero-order valence-electron chi connectivity index (χ0n) is 12.4. The van der Waals surface area contributed by atoms with E-state index in [2.05, 4.69) is 10.2 Å². The fourth-order valence-electron chi connectivity index (χ4n) is 2.02. The van der Waals surface area contributed by atoms with Crippen LogP contribution < -0.4 is 5.32 Å². The predicted octanol–water partition coefficient (Wildman–Crippen LogP) is 2.19. The minimum Gasteiger partial charge on any atom is -0.348 e. The van der Waals surface area contributed by atoms with Crippen LogP contribution in [-0.4, -0.2) is 41.4 Å². The molecule has 1 rings (SSSR count). The summed E-state index contributed by atoms with van der Waals surface area (Å²) in [5.74, 6) is -1.45. The van der Waals surface area contributed by atoms with E-state index in [0.717, 1.165) is 25.2 Å². The number of amides is 1. The van der Waals surface area contributed by atoms with Crippen molar-refractivity contribution in [1.29, 1.82) is 0 Å². The van der Waals surface area contributed by atoms with Gasteiger partial charge in [-0.15, -0.1) is 0 Å². The van der Waals surface area contributed by atoms with E-state index in [1.54, 1.807) is 0 Å². The summed E-state index contributed by atoms with van der Waals surface area (Å²) >= 11 is 0. The summed E-state index contributed by atoms with van der Waals surface area (Å²) in [6.45, 7) is 8.37. The number of benzene rings is 1. The van der Waals surface area contributed by atoms with Crippen molar-refractivity contribution < 1.29 is 14.1 Å². The van der Waals surface area contributed by atoms with Gasteiger partial charge in [-0.25, -0.2) is 0 Å². The van der Waals surface area contributed by atoms with Gasteiger partial charge >= 0.3 is 5.69 Å². The Kier molecular flexibility index (Phi) is 6.23. The maximum absolute atomic E-state index is 13.5. The third kappa shape index (κ3) is 4.78. The van der Waals surface area contributed by atoms with Crippen LogP contribution in [0.3, 0.4) is 0 Å². The Morgan fingerprint density at radius 2 is 2.05 bits per heavy atom. The highest BCUT2D eigenvalue weighted by atomic mass is 19.1. The molecule has 0 radical (unpaired) electrons. The molecule has 1 unspecified atom stereocenters. The van der Waals surface area contributed by atoms with E-state index in [-0.39, 0.29) is 11.6 Å². The number of nitrogens with zero attached hydrogens (tertiary/aromatic N) is 2. The lowest BCUT2D eigenvalue weighted by atomic mass is 10.1. The zero-order valence-corrected chi connectivity index (χ0v) is 12.4. The van der Waals surface area contributed by atoms with E-state index in [1.807, 2.05) is 20.8 Å². The van der Waals surface area contributed by atoms with Crippen molar-refractivity contribution >= 4 is 11.6 Å². The number of hydrogen-bond acceptors (Lipinski definition) is 4. The lowest BCUT2D eigenvalue weighted by Gasteiger charge is -2.23. The number of nitro groups is 1. The molecule has 7 heteroatoms. The average molecular weight is 297 g/mol. The van der Waals surface area contributed by atoms with Crippen molar-refractivity contribution in [2.45, 2.75) is 26.8 Å². The maximum atomic E-state index is 13.5. The van der Waals surface area contributed by atoms with E-state index in [0.29, 0.717) is 6.54 Å². The van der Waals surface area contributed by atoms with E-state index < -0.39 is 22.3 Å². The molecule has 0 spiro atoms. The predicted molar refractivity (Wildman–Crippen MR) is 77.8 cm³/mol. The minimum absolute atomic E-state index is 0.0736. The molecule has 6 nitrogen and oxygen atoms in total. The van der Waals surface area contributed by atoms with Crippen LogP contribution in [0.2, 0.25) is 0 Å². The first-order valence-corrected chi connectivity index (χ1v) is 6.86. The van der Waals surface area contributed by atoms with Gasteiger partial charge in [-0.2, -0.15) is 4.39 Å². The van der Waals surface area contributed by atoms with Gasteiger partial charge in [-0.3, -0.25) is 14.9 Å². The van der Waals surface area contributed by atoms with Gasteiger partial charge < -0.3 is 10.2 Å². The first-order chi connectivity index (χ1) is 9.88. The maximum Gasteiger partial charge on any atom is 0.304 e. The first kappa shape index (κ1) is 17.0. The number of halogens is 1. The highest BCUT2D eigenvalue weighted by molar-refractivity contribution is 5.94. The standard InChI is InChI=1S/C14H20FN3O3/c1-4-17(5-2)9-10(3)16-14(19)11-6-7-13(18(20)21)12(15)8-11/h6-8,10H,4-5,9H2,1-3H3,(H,16,19). The summed E-state index contributed by atoms with van der Waals surface area (Å²) in [5.41, 5.74) is -0.563. The van der Waals surface area contributed by atoms with Crippen LogP contribution in [0.15, 0.2) is 18.2 Å². The molecule has 1 amide bonds. The number of rotatable bonds is 7. The third-order valence-corrected chi connectivity index (χ3v) is 3.21. The number of carbonyl (C=O) groups is 1. The third-order valence-electron chi connectivity index (χ3n) is 3.21. The molecule has 1 N–H and O–H groups in total. The number of hydrogen-bond donors (Lipinski definition) is 1. The minimum atomic E-state index is -1.01. The normalized spacial score (nSPS) is 12.2. The molecule has 0 saturated carbocycles. The van der Waals surface area contributed by atoms with Crippen molar-refractivity contribution in [1.82, 2.24) is 10.2 Å². The number of carbonyl (C=O) groups excluding carboxylic acids is 1. The lowest BCUT2D eigenvalue weighted by Crippen LogP contribution is -2.41. The van der Waals surface area contributed by atoms with Crippen LogP contribution in [-0.2, 0) is 0 Å². The van der Waals surface area contributed by atoms with Crippen molar-refractivity contribution in [2.24, 2.45) is 0 Å². The van der Waals surface area contributed by atoms with Gasteiger partial charge in [0.1, 0.15) is 0 Å². The van der Waals surface area contributed by atoms with Crippen LogP contribution in [0.5, 0.6) is 0 Å². The van der Waals surface area contributed by atoms with Gasteiger partial charge in [0.2, 0.25) is 5.82 Å². The molecule has 21 heavy (non-hydrogen) atoms. The Labute approximate surface area is 123 Å². The van der Waals surface area contributed by atoms with Crippen molar-refractivity contribution in [2.75, 3.05) is 19.6 Å². The molecule has 1 atom stereocenters. The van der Waals surface area contributed by atoms with E-state index in [4.69, 9.17) is 0 Å². The fourth-order valence-corrected chi connectivity index (χ4v) is 2.02. The van der Waals surface area contributed by atoms with Gasteiger partial charge in [-0.1, -0.05) is 13.8 Å². The Morgan fingerprint density at radius 3 is 2.52 bits per heavy atom. The topological polar surface area (TPSA) is 75.5 Å². The Bertz CT molecular complexity index is 518.